The fourth-order valence-corrected chi connectivity index (χ4v) is 4.85. The van der Waals surface area contributed by atoms with E-state index in [9.17, 15) is 4.79 Å². The molecule has 0 aromatic carbocycles. The van der Waals surface area contributed by atoms with Crippen LogP contribution in [-0.2, 0) is 4.79 Å². The van der Waals surface area contributed by atoms with Gasteiger partial charge in [-0.15, -0.1) is 0 Å². The van der Waals surface area contributed by atoms with E-state index in [1.807, 2.05) is 18.3 Å². The molecule has 4 nitrogen and oxygen atoms in total. The SMILES string of the molecule is O=C(C[C@@H]1C[C@H]2CC[C@H]1C2)Nc1ccc(N2CCCCC2)nc1. The summed E-state index contributed by atoms with van der Waals surface area (Å²) in [5.41, 5.74) is 0.832. The lowest BCUT2D eigenvalue weighted by molar-refractivity contribution is -0.117. The Morgan fingerprint density at radius 1 is 1.17 bits per heavy atom. The summed E-state index contributed by atoms with van der Waals surface area (Å²) in [6, 6.07) is 4.04. The summed E-state index contributed by atoms with van der Waals surface area (Å²) in [4.78, 5) is 19.2. The highest BCUT2D eigenvalue weighted by Gasteiger charge is 2.40. The van der Waals surface area contributed by atoms with Crippen molar-refractivity contribution in [2.45, 2.75) is 51.4 Å². The fourth-order valence-electron chi connectivity index (χ4n) is 4.85. The normalized spacial score (nSPS) is 29.7. The largest absolute Gasteiger partial charge is 0.357 e. The maximum Gasteiger partial charge on any atom is 0.224 e. The monoisotopic (exact) mass is 313 g/mol. The Kier molecular flexibility index (Phi) is 4.23. The van der Waals surface area contributed by atoms with E-state index in [0.717, 1.165) is 36.4 Å². The van der Waals surface area contributed by atoms with Crippen molar-refractivity contribution in [3.05, 3.63) is 18.3 Å². The predicted molar refractivity (Wildman–Crippen MR) is 92.5 cm³/mol. The number of hydrogen-bond donors (Lipinski definition) is 1. The standard InChI is InChI=1S/C19H27N3O/c23-19(12-16-11-14-4-5-15(16)10-14)21-17-6-7-18(20-13-17)22-8-2-1-3-9-22/h6-7,13-16H,1-5,8-12H2,(H,21,23)/t14-,15-,16-/m0/s1. The minimum Gasteiger partial charge on any atom is -0.357 e. The number of fused-ring (bicyclic) bond motifs is 2. The number of carbonyl (C=O) groups excluding carboxylic acids is 1. The average Bonchev–Trinajstić information content (AvgIpc) is 3.19. The zero-order chi connectivity index (χ0) is 15.6. The number of pyridine rings is 1. The minimum atomic E-state index is 0.162. The molecule has 1 amide bonds. The van der Waals surface area contributed by atoms with Crippen molar-refractivity contribution in [3.63, 3.8) is 0 Å². The predicted octanol–water partition coefficient (Wildman–Crippen LogP) is 3.84. The van der Waals surface area contributed by atoms with Crippen LogP contribution >= 0.6 is 0 Å². The van der Waals surface area contributed by atoms with Crippen molar-refractivity contribution >= 4 is 17.4 Å². The Morgan fingerprint density at radius 2 is 2.04 bits per heavy atom. The van der Waals surface area contributed by atoms with E-state index in [1.54, 1.807) is 0 Å². The number of anilines is 2. The summed E-state index contributed by atoms with van der Waals surface area (Å²) < 4.78 is 0. The van der Waals surface area contributed by atoms with Crippen LogP contribution in [0.2, 0.25) is 0 Å². The van der Waals surface area contributed by atoms with Crippen LogP contribution in [0, 0.1) is 17.8 Å². The van der Waals surface area contributed by atoms with Crippen LogP contribution in [-0.4, -0.2) is 24.0 Å². The number of nitrogens with one attached hydrogen (secondary N) is 1. The highest BCUT2D eigenvalue weighted by molar-refractivity contribution is 5.90. The van der Waals surface area contributed by atoms with Gasteiger partial charge in [-0.2, -0.15) is 0 Å². The number of rotatable bonds is 4. The molecule has 0 radical (unpaired) electrons. The van der Waals surface area contributed by atoms with Crippen LogP contribution in [0.25, 0.3) is 0 Å². The number of piperidine rings is 1. The van der Waals surface area contributed by atoms with Crippen LogP contribution in [0.5, 0.6) is 0 Å². The molecule has 0 unspecified atom stereocenters. The van der Waals surface area contributed by atoms with Crippen molar-refractivity contribution in [3.8, 4) is 0 Å². The Bertz CT molecular complexity index is 550. The third-order valence-corrected chi connectivity index (χ3v) is 6.04. The third kappa shape index (κ3) is 3.36. The molecule has 4 heteroatoms. The Morgan fingerprint density at radius 3 is 2.70 bits per heavy atom. The minimum absolute atomic E-state index is 0.162. The number of carbonyl (C=O) groups is 1. The van der Waals surface area contributed by atoms with Crippen LogP contribution < -0.4 is 10.2 Å². The maximum atomic E-state index is 12.3. The second kappa shape index (κ2) is 6.50. The van der Waals surface area contributed by atoms with E-state index in [4.69, 9.17) is 0 Å². The average molecular weight is 313 g/mol. The second-order valence-corrected chi connectivity index (χ2v) is 7.64. The van der Waals surface area contributed by atoms with Crippen molar-refractivity contribution < 1.29 is 4.79 Å². The van der Waals surface area contributed by atoms with Gasteiger partial charge >= 0.3 is 0 Å². The molecule has 3 fully saturated rings. The molecule has 2 saturated carbocycles. The Hall–Kier alpha value is -1.58. The number of aromatic nitrogens is 1. The van der Waals surface area contributed by atoms with Gasteiger partial charge < -0.3 is 10.2 Å². The molecule has 1 aromatic rings. The summed E-state index contributed by atoms with van der Waals surface area (Å²) in [5.74, 6) is 3.54. The van der Waals surface area contributed by atoms with E-state index in [1.165, 1.54) is 44.9 Å². The van der Waals surface area contributed by atoms with Gasteiger partial charge in [0.2, 0.25) is 5.91 Å². The van der Waals surface area contributed by atoms with Crippen LogP contribution in [0.1, 0.15) is 51.4 Å². The summed E-state index contributed by atoms with van der Waals surface area (Å²) in [7, 11) is 0. The second-order valence-electron chi connectivity index (χ2n) is 7.64. The first-order valence-electron chi connectivity index (χ1n) is 9.29. The molecule has 1 aromatic heterocycles. The van der Waals surface area contributed by atoms with Gasteiger partial charge in [0.15, 0.2) is 0 Å². The summed E-state index contributed by atoms with van der Waals surface area (Å²) >= 11 is 0. The first kappa shape index (κ1) is 15.0. The first-order chi connectivity index (χ1) is 11.3. The summed E-state index contributed by atoms with van der Waals surface area (Å²) in [6.07, 6.45) is 11.7. The van der Waals surface area contributed by atoms with E-state index >= 15 is 0 Å². The zero-order valence-electron chi connectivity index (χ0n) is 13.8. The third-order valence-electron chi connectivity index (χ3n) is 6.04. The summed E-state index contributed by atoms with van der Waals surface area (Å²) in [5, 5.41) is 3.04. The number of hydrogen-bond acceptors (Lipinski definition) is 3. The molecule has 2 heterocycles. The van der Waals surface area contributed by atoms with Crippen LogP contribution in [0.15, 0.2) is 18.3 Å². The van der Waals surface area contributed by atoms with Gasteiger partial charge in [0.1, 0.15) is 5.82 Å². The fraction of sp³-hybridized carbons (Fsp3) is 0.684. The Balaban J connectivity index is 1.30. The van der Waals surface area contributed by atoms with Crippen molar-refractivity contribution in [2.24, 2.45) is 17.8 Å². The van der Waals surface area contributed by atoms with Crippen LogP contribution in [0.4, 0.5) is 11.5 Å². The molecule has 2 aliphatic carbocycles. The topological polar surface area (TPSA) is 45.2 Å². The van der Waals surface area contributed by atoms with E-state index < -0.39 is 0 Å². The lowest BCUT2D eigenvalue weighted by atomic mass is 9.86. The van der Waals surface area contributed by atoms with Crippen molar-refractivity contribution in [1.29, 1.82) is 0 Å². The number of amides is 1. The molecule has 124 valence electrons. The highest BCUT2D eigenvalue weighted by Crippen LogP contribution is 2.49. The molecule has 4 rings (SSSR count). The van der Waals surface area contributed by atoms with E-state index in [-0.39, 0.29) is 5.91 Å². The molecule has 2 bridgehead atoms. The lowest BCUT2D eigenvalue weighted by Gasteiger charge is -2.27. The molecule has 23 heavy (non-hydrogen) atoms. The Labute approximate surface area is 138 Å². The summed E-state index contributed by atoms with van der Waals surface area (Å²) in [6.45, 7) is 2.20. The van der Waals surface area contributed by atoms with Gasteiger partial charge in [-0.1, -0.05) is 6.42 Å². The molecular formula is C19H27N3O. The lowest BCUT2D eigenvalue weighted by Crippen LogP contribution is -2.30. The van der Waals surface area contributed by atoms with Gasteiger partial charge in [0.05, 0.1) is 11.9 Å². The van der Waals surface area contributed by atoms with E-state index in [2.05, 4.69) is 15.2 Å². The molecule has 1 N–H and O–H groups in total. The number of nitrogens with zero attached hydrogens (tertiary/aromatic N) is 2. The van der Waals surface area contributed by atoms with Gasteiger partial charge in [-0.3, -0.25) is 4.79 Å². The van der Waals surface area contributed by atoms with Gasteiger partial charge in [-0.25, -0.2) is 4.98 Å². The molecule has 0 spiro atoms. The quantitative estimate of drug-likeness (QED) is 0.918. The molecule has 3 aliphatic rings. The smallest absolute Gasteiger partial charge is 0.224 e. The molecule has 1 aliphatic heterocycles. The first-order valence-corrected chi connectivity index (χ1v) is 9.29. The van der Waals surface area contributed by atoms with Crippen molar-refractivity contribution in [1.82, 2.24) is 4.98 Å². The van der Waals surface area contributed by atoms with Crippen LogP contribution in [0.3, 0.4) is 0 Å². The van der Waals surface area contributed by atoms with Gasteiger partial charge in [0.25, 0.3) is 0 Å². The van der Waals surface area contributed by atoms with Gasteiger partial charge in [0, 0.05) is 19.5 Å². The zero-order valence-corrected chi connectivity index (χ0v) is 13.8. The molecular weight excluding hydrogens is 286 g/mol. The molecule has 3 atom stereocenters. The van der Waals surface area contributed by atoms with E-state index in [0.29, 0.717) is 12.3 Å². The molecule has 1 saturated heterocycles. The highest BCUT2D eigenvalue weighted by atomic mass is 16.1. The van der Waals surface area contributed by atoms with Gasteiger partial charge in [-0.05, 0) is 68.4 Å². The van der Waals surface area contributed by atoms with Crippen molar-refractivity contribution in [2.75, 3.05) is 23.3 Å². The maximum absolute atomic E-state index is 12.3.